The molecule has 0 unspecified atom stereocenters. The van der Waals surface area contributed by atoms with Crippen LogP contribution in [0.3, 0.4) is 0 Å². The monoisotopic (exact) mass is 246 g/mol. The van der Waals surface area contributed by atoms with E-state index in [0.717, 1.165) is 17.9 Å². The van der Waals surface area contributed by atoms with E-state index in [9.17, 15) is 10.1 Å². The maximum Gasteiger partial charge on any atom is 0.274 e. The number of rotatable bonds is 5. The van der Waals surface area contributed by atoms with Crippen molar-refractivity contribution in [1.82, 2.24) is 0 Å². The van der Waals surface area contributed by atoms with Gasteiger partial charge in [-0.25, -0.2) is 0 Å². The minimum Gasteiger partial charge on any atom is -0.469 e. The van der Waals surface area contributed by atoms with Gasteiger partial charge in [0.05, 0.1) is 11.2 Å². The van der Waals surface area contributed by atoms with Crippen LogP contribution in [0.2, 0.25) is 0 Å². The summed E-state index contributed by atoms with van der Waals surface area (Å²) in [6.07, 6.45) is 2.38. The Morgan fingerprint density at radius 1 is 1.39 bits per heavy atom. The molecule has 1 heterocycles. The van der Waals surface area contributed by atoms with E-state index < -0.39 is 0 Å². The molecule has 94 valence electrons. The van der Waals surface area contributed by atoms with Gasteiger partial charge in [-0.2, -0.15) is 0 Å². The second-order valence-electron chi connectivity index (χ2n) is 4.01. The van der Waals surface area contributed by atoms with Crippen molar-refractivity contribution in [2.75, 3.05) is 11.9 Å². The van der Waals surface area contributed by atoms with Crippen molar-refractivity contribution in [2.24, 2.45) is 0 Å². The lowest BCUT2D eigenvalue weighted by atomic mass is 10.2. The summed E-state index contributed by atoms with van der Waals surface area (Å²) in [5.41, 5.74) is 1.55. The van der Waals surface area contributed by atoms with Gasteiger partial charge in [-0.15, -0.1) is 0 Å². The third-order valence-corrected chi connectivity index (χ3v) is 2.69. The van der Waals surface area contributed by atoms with Crippen LogP contribution in [0.25, 0.3) is 0 Å². The van der Waals surface area contributed by atoms with Gasteiger partial charge >= 0.3 is 0 Å². The smallest absolute Gasteiger partial charge is 0.274 e. The number of hydrogen-bond donors (Lipinski definition) is 1. The third-order valence-electron chi connectivity index (χ3n) is 2.69. The lowest BCUT2D eigenvalue weighted by Crippen LogP contribution is -2.04. The van der Waals surface area contributed by atoms with E-state index in [-0.39, 0.29) is 10.6 Å². The number of nitro groups is 1. The van der Waals surface area contributed by atoms with Crippen molar-refractivity contribution < 1.29 is 9.34 Å². The standard InChI is InChI=1S/C13H14N2O3/c1-10-4-5-11(9-13(10)15(16)17)14-7-6-12-3-2-8-18-12/h2-5,8-9,14H,6-7H2,1H3. The van der Waals surface area contributed by atoms with Gasteiger partial charge in [-0.3, -0.25) is 10.1 Å². The zero-order chi connectivity index (χ0) is 13.0. The molecule has 1 N–H and O–H groups in total. The van der Waals surface area contributed by atoms with E-state index in [1.807, 2.05) is 18.2 Å². The highest BCUT2D eigenvalue weighted by atomic mass is 16.6. The van der Waals surface area contributed by atoms with Crippen LogP contribution < -0.4 is 5.32 Å². The number of furan rings is 1. The van der Waals surface area contributed by atoms with Crippen molar-refractivity contribution in [1.29, 1.82) is 0 Å². The molecule has 0 aliphatic rings. The van der Waals surface area contributed by atoms with Gasteiger partial charge in [0.2, 0.25) is 0 Å². The fourth-order valence-corrected chi connectivity index (χ4v) is 1.70. The van der Waals surface area contributed by atoms with E-state index in [4.69, 9.17) is 4.42 Å². The van der Waals surface area contributed by atoms with Crippen molar-refractivity contribution in [3.8, 4) is 0 Å². The Morgan fingerprint density at radius 2 is 2.22 bits per heavy atom. The van der Waals surface area contributed by atoms with Gasteiger partial charge in [0, 0.05) is 30.3 Å². The fourth-order valence-electron chi connectivity index (χ4n) is 1.70. The summed E-state index contributed by atoms with van der Waals surface area (Å²) in [4.78, 5) is 10.4. The molecular weight excluding hydrogens is 232 g/mol. The molecule has 2 aromatic rings. The third kappa shape index (κ3) is 2.88. The number of benzene rings is 1. The first-order chi connectivity index (χ1) is 8.66. The van der Waals surface area contributed by atoms with Crippen LogP contribution >= 0.6 is 0 Å². The molecule has 18 heavy (non-hydrogen) atoms. The lowest BCUT2D eigenvalue weighted by molar-refractivity contribution is -0.385. The zero-order valence-electron chi connectivity index (χ0n) is 10.1. The van der Waals surface area contributed by atoms with Gasteiger partial charge in [-0.1, -0.05) is 6.07 Å². The Bertz CT molecular complexity index is 535. The number of anilines is 1. The Balaban J connectivity index is 1.97. The van der Waals surface area contributed by atoms with Gasteiger partial charge in [0.1, 0.15) is 5.76 Å². The molecular formula is C13H14N2O3. The number of aryl methyl sites for hydroxylation is 1. The van der Waals surface area contributed by atoms with Crippen molar-refractivity contribution in [3.05, 3.63) is 58.0 Å². The van der Waals surface area contributed by atoms with E-state index >= 15 is 0 Å². The number of nitrogens with zero attached hydrogens (tertiary/aromatic N) is 1. The summed E-state index contributed by atoms with van der Waals surface area (Å²) in [6, 6.07) is 8.88. The first-order valence-electron chi connectivity index (χ1n) is 5.68. The minimum atomic E-state index is -0.368. The molecule has 0 saturated heterocycles. The molecule has 0 amide bonds. The van der Waals surface area contributed by atoms with E-state index in [2.05, 4.69) is 5.32 Å². The normalized spacial score (nSPS) is 10.3. The van der Waals surface area contributed by atoms with Crippen molar-refractivity contribution in [2.45, 2.75) is 13.3 Å². The van der Waals surface area contributed by atoms with Gasteiger partial charge < -0.3 is 9.73 Å². The van der Waals surface area contributed by atoms with Crippen LogP contribution in [-0.2, 0) is 6.42 Å². The molecule has 0 radical (unpaired) electrons. The lowest BCUT2D eigenvalue weighted by Gasteiger charge is -2.06. The summed E-state index contributed by atoms with van der Waals surface area (Å²) in [5.74, 6) is 0.893. The molecule has 0 spiro atoms. The quantitative estimate of drug-likeness (QED) is 0.650. The number of nitrogens with one attached hydrogen (secondary N) is 1. The molecule has 2 rings (SSSR count). The van der Waals surface area contributed by atoms with Crippen LogP contribution in [-0.4, -0.2) is 11.5 Å². The summed E-state index contributed by atoms with van der Waals surface area (Å²) >= 11 is 0. The molecule has 0 aliphatic carbocycles. The first kappa shape index (κ1) is 12.2. The average Bonchev–Trinajstić information content (AvgIpc) is 2.84. The van der Waals surface area contributed by atoms with Gasteiger partial charge in [-0.05, 0) is 25.1 Å². The highest BCUT2D eigenvalue weighted by Gasteiger charge is 2.10. The molecule has 0 aliphatic heterocycles. The van der Waals surface area contributed by atoms with Crippen LogP contribution in [0, 0.1) is 17.0 Å². The average molecular weight is 246 g/mol. The summed E-state index contributed by atoms with van der Waals surface area (Å²) in [7, 11) is 0. The van der Waals surface area contributed by atoms with Gasteiger partial charge in [0.25, 0.3) is 5.69 Å². The molecule has 0 bridgehead atoms. The topological polar surface area (TPSA) is 68.3 Å². The molecule has 1 aromatic heterocycles. The fraction of sp³-hybridized carbons (Fsp3) is 0.231. The van der Waals surface area contributed by atoms with Crippen LogP contribution in [0.4, 0.5) is 11.4 Å². The first-order valence-corrected chi connectivity index (χ1v) is 5.68. The molecule has 0 fully saturated rings. The summed E-state index contributed by atoms with van der Waals surface area (Å²) in [5, 5.41) is 13.9. The largest absolute Gasteiger partial charge is 0.469 e. The Morgan fingerprint density at radius 3 is 2.89 bits per heavy atom. The molecule has 1 aromatic carbocycles. The summed E-state index contributed by atoms with van der Waals surface area (Å²) in [6.45, 7) is 2.40. The molecule has 0 saturated carbocycles. The van der Waals surface area contributed by atoms with Crippen LogP contribution in [0.15, 0.2) is 41.0 Å². The molecule has 5 nitrogen and oxygen atoms in total. The predicted octanol–water partition coefficient (Wildman–Crippen LogP) is 3.15. The second kappa shape index (κ2) is 5.35. The van der Waals surface area contributed by atoms with Gasteiger partial charge in [0.15, 0.2) is 0 Å². The van der Waals surface area contributed by atoms with Crippen molar-refractivity contribution in [3.63, 3.8) is 0 Å². The summed E-state index contributed by atoms with van der Waals surface area (Å²) < 4.78 is 5.20. The second-order valence-corrected chi connectivity index (χ2v) is 4.01. The molecule has 5 heteroatoms. The maximum absolute atomic E-state index is 10.8. The van der Waals surface area contributed by atoms with E-state index in [0.29, 0.717) is 12.1 Å². The van der Waals surface area contributed by atoms with E-state index in [1.165, 1.54) is 0 Å². The van der Waals surface area contributed by atoms with Crippen LogP contribution in [0.5, 0.6) is 0 Å². The molecule has 0 atom stereocenters. The zero-order valence-corrected chi connectivity index (χ0v) is 10.1. The SMILES string of the molecule is Cc1ccc(NCCc2ccco2)cc1[N+](=O)[O-]. The maximum atomic E-state index is 10.8. The Hall–Kier alpha value is -2.30. The Labute approximate surface area is 105 Å². The van der Waals surface area contributed by atoms with E-state index in [1.54, 1.807) is 25.3 Å². The van der Waals surface area contributed by atoms with Crippen LogP contribution in [0.1, 0.15) is 11.3 Å². The highest BCUT2D eigenvalue weighted by Crippen LogP contribution is 2.22. The highest BCUT2D eigenvalue weighted by molar-refractivity contribution is 5.54. The minimum absolute atomic E-state index is 0.137. The number of nitro benzene ring substituents is 1. The predicted molar refractivity (Wildman–Crippen MR) is 68.7 cm³/mol. The number of hydrogen-bond acceptors (Lipinski definition) is 4. The Kier molecular flexibility index (Phi) is 3.62. The van der Waals surface area contributed by atoms with Crippen molar-refractivity contribution >= 4 is 11.4 Å².